The summed E-state index contributed by atoms with van der Waals surface area (Å²) in [5.74, 6) is 0. The van der Waals surface area contributed by atoms with Gasteiger partial charge in [-0.25, -0.2) is 0 Å². The average Bonchev–Trinajstić information content (AvgIpc) is 1.97. The maximum absolute atomic E-state index is 2.50. The summed E-state index contributed by atoms with van der Waals surface area (Å²) < 4.78 is 0. The molecule has 0 spiro atoms. The highest BCUT2D eigenvalue weighted by Gasteiger charge is 2.35. The molecule has 0 saturated heterocycles. The lowest BCUT2D eigenvalue weighted by Crippen LogP contribution is -2.36. The molecule has 0 aromatic rings. The molecule has 0 aromatic heterocycles. The molecule has 0 fully saturated rings. The second-order valence-electron chi connectivity index (χ2n) is 8.28. The third-order valence-electron chi connectivity index (χ3n) is 4.78. The third-order valence-corrected chi connectivity index (χ3v) is 12.8. The van der Waals surface area contributed by atoms with Crippen molar-refractivity contribution in [1.82, 2.24) is 0 Å². The van der Waals surface area contributed by atoms with Crippen LogP contribution in [0.15, 0.2) is 12.2 Å². The minimum atomic E-state index is -1.12. The number of hydrogen-bond acceptors (Lipinski definition) is 0. The van der Waals surface area contributed by atoms with Gasteiger partial charge in [0.05, 0.1) is 16.1 Å². The Balaban J connectivity index is 5.01. The molecule has 0 atom stereocenters. The van der Waals surface area contributed by atoms with Gasteiger partial charge in [0.25, 0.3) is 0 Å². The molecule has 0 radical (unpaired) electrons. The van der Waals surface area contributed by atoms with Gasteiger partial charge in [-0.3, -0.25) is 0 Å². The molecule has 0 heterocycles. The van der Waals surface area contributed by atoms with Gasteiger partial charge in [-0.1, -0.05) is 79.1 Å². The molecule has 0 N–H and O–H groups in total. The second-order valence-corrected chi connectivity index (χ2v) is 19.9. The van der Waals surface area contributed by atoms with Gasteiger partial charge < -0.3 is 0 Å². The zero-order chi connectivity index (χ0) is 13.4. The van der Waals surface area contributed by atoms with Gasteiger partial charge in [-0.2, -0.15) is 0 Å². The molecule has 0 aliphatic rings. The van der Waals surface area contributed by atoms with E-state index in [0.717, 1.165) is 0 Å². The van der Waals surface area contributed by atoms with Crippen LogP contribution in [0.25, 0.3) is 0 Å². The van der Waals surface area contributed by atoms with Gasteiger partial charge in [0.2, 0.25) is 0 Å². The fraction of sp³-hybridized carbons (Fsp3) is 0.857. The van der Waals surface area contributed by atoms with Crippen molar-refractivity contribution < 1.29 is 0 Å². The van der Waals surface area contributed by atoms with Crippen molar-refractivity contribution in [2.75, 3.05) is 0 Å². The molecule has 0 aliphatic carbocycles. The summed E-state index contributed by atoms with van der Waals surface area (Å²) in [5.41, 5.74) is 0. The molecule has 0 aromatic carbocycles. The van der Waals surface area contributed by atoms with E-state index in [1.54, 1.807) is 0 Å². The molecule has 0 rings (SSSR count). The summed E-state index contributed by atoms with van der Waals surface area (Å²) in [6, 6.07) is 0. The number of rotatable bonds is 4. The van der Waals surface area contributed by atoms with E-state index in [2.05, 4.69) is 79.1 Å². The van der Waals surface area contributed by atoms with Gasteiger partial charge in [0.1, 0.15) is 0 Å². The minimum absolute atomic E-state index is 0.393. The molecule has 2 heteroatoms. The Labute approximate surface area is 106 Å². The maximum Gasteiger partial charge on any atom is 0.0542 e. The lowest BCUT2D eigenvalue weighted by atomic mass is 10.1. The number of allylic oxidation sites excluding steroid dienone is 2. The van der Waals surface area contributed by atoms with Crippen molar-refractivity contribution >= 4 is 16.1 Å². The van der Waals surface area contributed by atoms with Crippen LogP contribution < -0.4 is 0 Å². The third kappa shape index (κ3) is 3.88. The van der Waals surface area contributed by atoms with Crippen LogP contribution in [0.3, 0.4) is 0 Å². The van der Waals surface area contributed by atoms with Crippen LogP contribution in [-0.2, 0) is 0 Å². The highest BCUT2D eigenvalue weighted by molar-refractivity contribution is 6.80. The Bertz CT molecular complexity index is 231. The maximum atomic E-state index is 2.50. The van der Waals surface area contributed by atoms with Crippen molar-refractivity contribution in [3.8, 4) is 0 Å². The smallest absolute Gasteiger partial charge is 0.0542 e. The van der Waals surface area contributed by atoms with E-state index >= 15 is 0 Å². The van der Waals surface area contributed by atoms with Crippen LogP contribution >= 0.6 is 0 Å². The first-order valence-electron chi connectivity index (χ1n) is 6.41. The molecular weight excluding hydrogens is 224 g/mol. The fourth-order valence-electron chi connectivity index (χ4n) is 0.917. The summed E-state index contributed by atoms with van der Waals surface area (Å²) in [4.78, 5) is 0. The highest BCUT2D eigenvalue weighted by Crippen LogP contribution is 2.43. The Kier molecular flexibility index (Phi) is 4.50. The van der Waals surface area contributed by atoms with E-state index in [9.17, 15) is 0 Å². The standard InChI is InChI=1S/C14H32Si2/c1-13(2,15(5,6)7)11-12-14(3,4)16(8,9)10/h11-12H,1-10H3/b12-11+. The summed E-state index contributed by atoms with van der Waals surface area (Å²) in [6.45, 7) is 24.3. The lowest BCUT2D eigenvalue weighted by Gasteiger charge is -2.38. The molecule has 0 aliphatic heterocycles. The van der Waals surface area contributed by atoms with Crippen LogP contribution in [0, 0.1) is 0 Å². The topological polar surface area (TPSA) is 0 Å². The molecular formula is C14H32Si2. The number of hydrogen-bond donors (Lipinski definition) is 0. The van der Waals surface area contributed by atoms with Crippen molar-refractivity contribution in [2.45, 2.75) is 77.1 Å². The van der Waals surface area contributed by atoms with Crippen LogP contribution in [0.2, 0.25) is 49.4 Å². The van der Waals surface area contributed by atoms with Crippen molar-refractivity contribution in [3.05, 3.63) is 12.2 Å². The minimum Gasteiger partial charge on any atom is -0.0853 e. The monoisotopic (exact) mass is 256 g/mol. The molecule has 0 saturated carbocycles. The van der Waals surface area contributed by atoms with Crippen LogP contribution in [0.1, 0.15) is 27.7 Å². The predicted octanol–water partition coefficient (Wildman–Crippen LogP) is 5.78. The Morgan fingerprint density at radius 2 is 0.750 bits per heavy atom. The van der Waals surface area contributed by atoms with Crippen LogP contribution in [-0.4, -0.2) is 16.1 Å². The molecule has 0 amide bonds. The van der Waals surface area contributed by atoms with Gasteiger partial charge in [-0.15, -0.1) is 0 Å². The van der Waals surface area contributed by atoms with Gasteiger partial charge in [0, 0.05) is 0 Å². The van der Waals surface area contributed by atoms with E-state index in [1.807, 2.05) is 0 Å². The first kappa shape index (κ1) is 16.2. The van der Waals surface area contributed by atoms with E-state index < -0.39 is 16.1 Å². The van der Waals surface area contributed by atoms with Crippen molar-refractivity contribution in [3.63, 3.8) is 0 Å². The zero-order valence-corrected chi connectivity index (χ0v) is 15.2. The van der Waals surface area contributed by atoms with E-state index in [-0.39, 0.29) is 0 Å². The molecule has 96 valence electrons. The molecule has 0 nitrogen and oxygen atoms in total. The Hall–Kier alpha value is 0.174. The normalized spacial score (nSPS) is 15.9. The molecule has 16 heavy (non-hydrogen) atoms. The van der Waals surface area contributed by atoms with Crippen molar-refractivity contribution in [2.24, 2.45) is 0 Å². The largest absolute Gasteiger partial charge is 0.0853 e. The molecule has 0 unspecified atom stereocenters. The predicted molar refractivity (Wildman–Crippen MR) is 83.9 cm³/mol. The van der Waals surface area contributed by atoms with Gasteiger partial charge >= 0.3 is 0 Å². The quantitative estimate of drug-likeness (QED) is 0.442. The molecule has 0 bridgehead atoms. The van der Waals surface area contributed by atoms with E-state index in [4.69, 9.17) is 0 Å². The second kappa shape index (κ2) is 4.45. The summed E-state index contributed by atoms with van der Waals surface area (Å²) >= 11 is 0. The van der Waals surface area contributed by atoms with Gasteiger partial charge in [-0.05, 0) is 10.1 Å². The lowest BCUT2D eigenvalue weighted by molar-refractivity contribution is 0.764. The Morgan fingerprint density at radius 3 is 0.875 bits per heavy atom. The van der Waals surface area contributed by atoms with Crippen LogP contribution in [0.4, 0.5) is 0 Å². The zero-order valence-electron chi connectivity index (χ0n) is 13.2. The highest BCUT2D eigenvalue weighted by atomic mass is 28.3. The fourth-order valence-corrected chi connectivity index (χ4v) is 2.08. The Morgan fingerprint density at radius 1 is 0.562 bits per heavy atom. The summed E-state index contributed by atoms with van der Waals surface area (Å²) in [6.07, 6.45) is 4.99. The van der Waals surface area contributed by atoms with Gasteiger partial charge in [0.15, 0.2) is 0 Å². The first-order chi connectivity index (χ1) is 6.71. The first-order valence-corrected chi connectivity index (χ1v) is 13.4. The van der Waals surface area contributed by atoms with Crippen LogP contribution in [0.5, 0.6) is 0 Å². The van der Waals surface area contributed by atoms with Crippen molar-refractivity contribution in [1.29, 1.82) is 0 Å². The summed E-state index contributed by atoms with van der Waals surface area (Å²) in [5, 5.41) is 0.786. The SMILES string of the molecule is CC(C)(/C=C/C(C)(C)[Si](C)(C)C)[Si](C)(C)C. The average molecular weight is 257 g/mol. The summed E-state index contributed by atoms with van der Waals surface area (Å²) in [7, 11) is -2.23. The van der Waals surface area contributed by atoms with E-state index in [1.165, 1.54) is 0 Å². The van der Waals surface area contributed by atoms with E-state index in [0.29, 0.717) is 10.1 Å².